The second kappa shape index (κ2) is 9.12. The van der Waals surface area contributed by atoms with Gasteiger partial charge < -0.3 is 9.47 Å². The number of hydrogen-bond donors (Lipinski definition) is 0. The zero-order valence-electron chi connectivity index (χ0n) is 25.7. The highest BCUT2D eigenvalue weighted by molar-refractivity contribution is 6.05. The van der Waals surface area contributed by atoms with Crippen molar-refractivity contribution in [3.8, 4) is 6.07 Å². The van der Waals surface area contributed by atoms with Crippen molar-refractivity contribution in [2.45, 2.75) is 92.9 Å². The van der Waals surface area contributed by atoms with Gasteiger partial charge in [0.05, 0.1) is 18.1 Å². The van der Waals surface area contributed by atoms with Gasteiger partial charge in [-0.25, -0.2) is 0 Å². The van der Waals surface area contributed by atoms with E-state index < -0.39 is 16.2 Å². The van der Waals surface area contributed by atoms with Crippen LogP contribution in [0.15, 0.2) is 23.3 Å². The van der Waals surface area contributed by atoms with E-state index >= 15 is 0 Å². The Hall–Kier alpha value is -2.26. The summed E-state index contributed by atoms with van der Waals surface area (Å²) in [4.78, 5) is 41.6. The monoisotopic (exact) mass is 549 g/mol. The number of nitrogens with zero attached hydrogens (tertiary/aromatic N) is 1. The molecular weight excluding hydrogens is 502 g/mol. The number of allylic oxidation sites excluding steroid dienone is 4. The van der Waals surface area contributed by atoms with Gasteiger partial charge in [-0.05, 0) is 85.5 Å². The first-order valence-corrected chi connectivity index (χ1v) is 15.1. The number of rotatable bonds is 4. The molecule has 0 bridgehead atoms. The quantitative estimate of drug-likeness (QED) is 0.377. The van der Waals surface area contributed by atoms with Crippen LogP contribution in [0.2, 0.25) is 0 Å². The van der Waals surface area contributed by atoms with E-state index in [1.807, 2.05) is 19.1 Å². The minimum atomic E-state index is -0.743. The van der Waals surface area contributed by atoms with E-state index in [0.29, 0.717) is 13.0 Å². The summed E-state index contributed by atoms with van der Waals surface area (Å²) in [6, 6.07) is 2.21. The first-order valence-electron chi connectivity index (χ1n) is 15.1. The first-order chi connectivity index (χ1) is 18.6. The molecule has 0 heterocycles. The second-order valence-electron chi connectivity index (χ2n) is 15.3. The van der Waals surface area contributed by atoms with Crippen LogP contribution >= 0.6 is 0 Å². The number of nitriles is 1. The maximum absolute atomic E-state index is 14.5. The lowest BCUT2D eigenvalue weighted by Gasteiger charge is -2.69. The molecule has 0 saturated heterocycles. The maximum atomic E-state index is 14.5. The number of esters is 1. The van der Waals surface area contributed by atoms with Gasteiger partial charge in [0.25, 0.3) is 0 Å². The number of carbonyl (C=O) groups is 3. The average molecular weight is 550 g/mol. The Bertz CT molecular complexity index is 1260. The minimum Gasteiger partial charge on any atom is -0.469 e. The molecule has 3 fully saturated rings. The van der Waals surface area contributed by atoms with Crippen LogP contribution in [0.4, 0.5) is 0 Å². The van der Waals surface area contributed by atoms with Crippen molar-refractivity contribution >= 4 is 17.5 Å². The summed E-state index contributed by atoms with van der Waals surface area (Å²) in [5.41, 5.74) is -1.28. The number of Topliss-reactive ketones (excluding diaryl/α,β-unsaturated/α-hetero) is 1. The minimum absolute atomic E-state index is 0.0293. The van der Waals surface area contributed by atoms with Gasteiger partial charge in [0, 0.05) is 30.5 Å². The molecule has 1 unspecified atom stereocenters. The zero-order chi connectivity index (χ0) is 29.5. The Morgan fingerprint density at radius 1 is 1.02 bits per heavy atom. The van der Waals surface area contributed by atoms with Gasteiger partial charge in [0.15, 0.2) is 11.6 Å². The van der Waals surface area contributed by atoms with Crippen molar-refractivity contribution in [3.05, 3.63) is 23.3 Å². The predicted octanol–water partition coefficient (Wildman–Crippen LogP) is 6.40. The summed E-state index contributed by atoms with van der Waals surface area (Å²) in [6.45, 7) is 13.7. The number of carbonyl (C=O) groups excluding carboxylic acids is 3. The van der Waals surface area contributed by atoms with E-state index in [2.05, 4.69) is 40.7 Å². The molecule has 5 aliphatic carbocycles. The standard InChI is InChI=1S/C34H47NO5/c1-29(2)11-13-34(28(38)40-8)14-12-33(6)26(22(34)19-29)23(36)17-25-31(4)18-21(20-35)27(37)30(3,15-16-39-7)24(31)9-10-32(25,33)5/h17-18,22,24,26H,9-16,19H2,1-8H3/t22-,24?,26-,30-,31-,32+,33+,34-/m0/s1. The molecule has 0 radical (unpaired) electrons. The Labute approximate surface area is 239 Å². The molecule has 0 N–H and O–H groups in total. The molecular formula is C34H47NO5. The zero-order valence-corrected chi connectivity index (χ0v) is 25.7. The van der Waals surface area contributed by atoms with Crippen molar-refractivity contribution in [2.24, 2.45) is 50.2 Å². The fourth-order valence-electron chi connectivity index (χ4n) is 10.6. The highest BCUT2D eigenvalue weighted by Crippen LogP contribution is 2.74. The van der Waals surface area contributed by atoms with Crippen molar-refractivity contribution in [1.29, 1.82) is 5.26 Å². The fourth-order valence-corrected chi connectivity index (χ4v) is 10.6. The molecule has 0 aliphatic heterocycles. The summed E-state index contributed by atoms with van der Waals surface area (Å²) in [5.74, 6) is -0.512. The fraction of sp³-hybridized carbons (Fsp3) is 0.765. The second-order valence-corrected chi connectivity index (χ2v) is 15.3. The van der Waals surface area contributed by atoms with Crippen molar-refractivity contribution in [3.63, 3.8) is 0 Å². The van der Waals surface area contributed by atoms with E-state index in [4.69, 9.17) is 9.47 Å². The third-order valence-corrected chi connectivity index (χ3v) is 13.1. The van der Waals surface area contributed by atoms with Gasteiger partial charge in [0.2, 0.25) is 0 Å². The SMILES string of the molecule is COCC[C@]1(C)C(=O)C(C#N)=C[C@]2(C)C3=CC(=O)[C@@H]4[C@@H]5CC(C)(C)CC[C@]5(C(=O)OC)CC[C@@]4(C)[C@]3(C)CCC21. The lowest BCUT2D eigenvalue weighted by molar-refractivity contribution is -0.191. The van der Waals surface area contributed by atoms with Gasteiger partial charge in [0.1, 0.15) is 6.07 Å². The molecule has 3 saturated carbocycles. The van der Waals surface area contributed by atoms with E-state index in [-0.39, 0.29) is 57.1 Å². The molecule has 0 aromatic rings. The summed E-state index contributed by atoms with van der Waals surface area (Å²) in [7, 11) is 3.12. The molecule has 0 spiro atoms. The summed E-state index contributed by atoms with van der Waals surface area (Å²) < 4.78 is 10.8. The number of fused-ring (bicyclic) bond motifs is 7. The van der Waals surface area contributed by atoms with Gasteiger partial charge >= 0.3 is 5.97 Å². The molecule has 6 heteroatoms. The van der Waals surface area contributed by atoms with Crippen LogP contribution < -0.4 is 0 Å². The summed E-state index contributed by atoms with van der Waals surface area (Å²) in [6.07, 6.45) is 10.1. The largest absolute Gasteiger partial charge is 0.469 e. The van der Waals surface area contributed by atoms with Crippen molar-refractivity contribution in [1.82, 2.24) is 0 Å². The van der Waals surface area contributed by atoms with Crippen LogP contribution in [0.5, 0.6) is 0 Å². The number of hydrogen-bond acceptors (Lipinski definition) is 6. The van der Waals surface area contributed by atoms with Gasteiger partial charge in [-0.1, -0.05) is 53.2 Å². The third kappa shape index (κ3) is 3.58. The average Bonchev–Trinajstić information content (AvgIpc) is 2.90. The topological polar surface area (TPSA) is 93.5 Å². The van der Waals surface area contributed by atoms with Crippen LogP contribution in [-0.4, -0.2) is 38.4 Å². The van der Waals surface area contributed by atoms with Crippen molar-refractivity contribution in [2.75, 3.05) is 20.8 Å². The van der Waals surface area contributed by atoms with Crippen LogP contribution in [0.1, 0.15) is 92.9 Å². The third-order valence-electron chi connectivity index (χ3n) is 13.1. The molecule has 0 aromatic heterocycles. The van der Waals surface area contributed by atoms with Crippen LogP contribution in [0, 0.1) is 61.6 Å². The van der Waals surface area contributed by atoms with E-state index in [1.165, 1.54) is 7.11 Å². The Morgan fingerprint density at radius 2 is 1.70 bits per heavy atom. The molecule has 8 atom stereocenters. The lowest BCUT2D eigenvalue weighted by Crippen LogP contribution is -2.66. The molecule has 40 heavy (non-hydrogen) atoms. The first kappa shape index (κ1) is 29.2. The number of methoxy groups -OCH3 is 2. The van der Waals surface area contributed by atoms with Crippen LogP contribution in [0.3, 0.4) is 0 Å². The van der Waals surface area contributed by atoms with Crippen LogP contribution in [-0.2, 0) is 23.9 Å². The smallest absolute Gasteiger partial charge is 0.312 e. The number of ketones is 2. The Morgan fingerprint density at radius 3 is 2.33 bits per heavy atom. The Kier molecular flexibility index (Phi) is 6.67. The summed E-state index contributed by atoms with van der Waals surface area (Å²) >= 11 is 0. The maximum Gasteiger partial charge on any atom is 0.312 e. The van der Waals surface area contributed by atoms with Crippen molar-refractivity contribution < 1.29 is 23.9 Å². The summed E-state index contributed by atoms with van der Waals surface area (Å²) in [5, 5.41) is 10.1. The lowest BCUT2D eigenvalue weighted by atomic mass is 9.34. The number of ether oxygens (including phenoxy) is 2. The van der Waals surface area contributed by atoms with E-state index in [0.717, 1.165) is 50.5 Å². The molecule has 5 rings (SSSR count). The highest BCUT2D eigenvalue weighted by Gasteiger charge is 2.71. The predicted molar refractivity (Wildman–Crippen MR) is 152 cm³/mol. The Balaban J connectivity index is 1.68. The molecule has 0 amide bonds. The van der Waals surface area contributed by atoms with Gasteiger partial charge in [-0.15, -0.1) is 0 Å². The van der Waals surface area contributed by atoms with Crippen LogP contribution in [0.25, 0.3) is 0 Å². The molecule has 0 aromatic carbocycles. The van der Waals surface area contributed by atoms with E-state index in [9.17, 15) is 19.6 Å². The molecule has 218 valence electrons. The van der Waals surface area contributed by atoms with Gasteiger partial charge in [-0.3, -0.25) is 14.4 Å². The van der Waals surface area contributed by atoms with E-state index in [1.54, 1.807) is 7.11 Å². The molecule has 5 aliphatic rings. The normalized spacial score (nSPS) is 45.5. The van der Waals surface area contributed by atoms with Gasteiger partial charge in [-0.2, -0.15) is 5.26 Å². The molecule has 6 nitrogen and oxygen atoms in total. The highest BCUT2D eigenvalue weighted by atomic mass is 16.5.